The first-order valence-corrected chi connectivity index (χ1v) is 9.65. The van der Waals surface area contributed by atoms with Gasteiger partial charge in [-0.3, -0.25) is 0 Å². The van der Waals surface area contributed by atoms with Crippen LogP contribution in [0.25, 0.3) is 0 Å². The Kier molecular flexibility index (Phi) is 15.1. The highest BCUT2D eigenvalue weighted by Crippen LogP contribution is 2.38. The summed E-state index contributed by atoms with van der Waals surface area (Å²) in [5, 5.41) is 0. The van der Waals surface area contributed by atoms with E-state index in [4.69, 9.17) is 5.73 Å². The van der Waals surface area contributed by atoms with Gasteiger partial charge in [-0.1, -0.05) is 0 Å². The maximum absolute atomic E-state index is 5.55. The Morgan fingerprint density at radius 2 is 1.12 bits per heavy atom. The van der Waals surface area contributed by atoms with Crippen LogP contribution in [0, 0.1) is 0 Å². The summed E-state index contributed by atoms with van der Waals surface area (Å²) in [6.45, 7) is 0.858. The molecule has 0 rings (SSSR count). The summed E-state index contributed by atoms with van der Waals surface area (Å²) in [7, 11) is 0.281. The molecule has 0 aromatic heterocycles. The molecule has 0 spiro atoms. The van der Waals surface area contributed by atoms with Gasteiger partial charge in [-0.2, -0.15) is 25.3 Å². The van der Waals surface area contributed by atoms with Gasteiger partial charge in [0.1, 0.15) is 0 Å². The fourth-order valence-corrected chi connectivity index (χ4v) is 4.84. The number of unbranched alkanes of at least 4 members (excludes halogenated alkanes) is 3. The van der Waals surface area contributed by atoms with Crippen molar-refractivity contribution in [1.82, 2.24) is 0 Å². The van der Waals surface area contributed by atoms with Gasteiger partial charge < -0.3 is 5.73 Å². The number of hydrogen-bond acceptors (Lipinski definition) is 3. The second-order valence-electron chi connectivity index (χ2n) is 4.20. The van der Waals surface area contributed by atoms with Gasteiger partial charge in [0.15, 0.2) is 0 Å². The highest BCUT2D eigenvalue weighted by Gasteiger charge is 2.06. The van der Waals surface area contributed by atoms with E-state index in [1.807, 2.05) is 0 Å². The number of rotatable bonds is 12. The van der Waals surface area contributed by atoms with Gasteiger partial charge in [-0.15, -0.1) is 7.92 Å². The normalized spacial score (nSPS) is 11.2. The summed E-state index contributed by atoms with van der Waals surface area (Å²) < 4.78 is 0. The molecule has 0 aliphatic rings. The van der Waals surface area contributed by atoms with Gasteiger partial charge in [-0.05, 0) is 75.1 Å². The minimum atomic E-state index is 0.281. The van der Waals surface area contributed by atoms with Crippen LogP contribution in [-0.4, -0.2) is 36.5 Å². The van der Waals surface area contributed by atoms with E-state index < -0.39 is 0 Å². The fourth-order valence-electron chi connectivity index (χ4n) is 1.71. The van der Waals surface area contributed by atoms with Crippen LogP contribution in [0.5, 0.6) is 0 Å². The first kappa shape index (κ1) is 17.1. The zero-order valence-electron chi connectivity index (χ0n) is 10.4. The molecule has 0 aliphatic carbocycles. The maximum atomic E-state index is 5.55. The second kappa shape index (κ2) is 14.2. The Morgan fingerprint density at radius 3 is 1.50 bits per heavy atom. The number of hydrogen-bond donors (Lipinski definition) is 3. The molecule has 16 heavy (non-hydrogen) atoms. The lowest BCUT2D eigenvalue weighted by Gasteiger charge is -2.17. The summed E-state index contributed by atoms with van der Waals surface area (Å²) in [6, 6.07) is 0. The van der Waals surface area contributed by atoms with Gasteiger partial charge in [0, 0.05) is 0 Å². The van der Waals surface area contributed by atoms with Crippen molar-refractivity contribution in [2.24, 2.45) is 5.73 Å². The van der Waals surface area contributed by atoms with Crippen molar-refractivity contribution >= 4 is 33.2 Å². The molecule has 0 aromatic carbocycles. The quantitative estimate of drug-likeness (QED) is 0.284. The Hall–Kier alpha value is 1.09. The molecule has 0 bridgehead atoms. The van der Waals surface area contributed by atoms with E-state index in [0.717, 1.165) is 18.1 Å². The maximum Gasteiger partial charge on any atom is -0.00772 e. The molecular formula is C12H28NPS2. The van der Waals surface area contributed by atoms with Crippen LogP contribution in [0.3, 0.4) is 0 Å². The SMILES string of the molecule is NCCCCP(CCCCS)CCCCS. The van der Waals surface area contributed by atoms with E-state index >= 15 is 0 Å². The van der Waals surface area contributed by atoms with Crippen LogP contribution in [0.2, 0.25) is 0 Å². The molecule has 0 heterocycles. The molecule has 2 N–H and O–H groups in total. The molecular weight excluding hydrogens is 253 g/mol. The largest absolute Gasteiger partial charge is 0.330 e. The Bertz CT molecular complexity index is 112. The van der Waals surface area contributed by atoms with Crippen molar-refractivity contribution in [3.05, 3.63) is 0 Å². The van der Waals surface area contributed by atoms with Crippen molar-refractivity contribution in [2.75, 3.05) is 36.5 Å². The lowest BCUT2D eigenvalue weighted by Crippen LogP contribution is -2.02. The van der Waals surface area contributed by atoms with Crippen LogP contribution in [-0.2, 0) is 0 Å². The predicted octanol–water partition coefficient (Wildman–Crippen LogP) is 3.63. The van der Waals surface area contributed by atoms with Crippen LogP contribution >= 0.6 is 33.2 Å². The monoisotopic (exact) mass is 281 g/mol. The predicted molar refractivity (Wildman–Crippen MR) is 86.0 cm³/mol. The highest BCUT2D eigenvalue weighted by atomic mass is 32.1. The summed E-state index contributed by atoms with van der Waals surface area (Å²) >= 11 is 8.55. The molecule has 4 heteroatoms. The number of nitrogens with two attached hydrogens (primary N) is 1. The van der Waals surface area contributed by atoms with E-state index in [1.54, 1.807) is 0 Å². The van der Waals surface area contributed by atoms with Crippen LogP contribution < -0.4 is 5.73 Å². The summed E-state index contributed by atoms with van der Waals surface area (Å²) in [4.78, 5) is 0. The molecule has 1 nitrogen and oxygen atoms in total. The average molecular weight is 281 g/mol. The second-order valence-corrected chi connectivity index (χ2v) is 7.78. The molecule has 0 aromatic rings. The molecule has 0 atom stereocenters. The third-order valence-corrected chi connectivity index (χ3v) is 6.17. The van der Waals surface area contributed by atoms with Crippen molar-refractivity contribution in [3.63, 3.8) is 0 Å². The van der Waals surface area contributed by atoms with Gasteiger partial charge in [0.2, 0.25) is 0 Å². The topological polar surface area (TPSA) is 26.0 Å². The van der Waals surface area contributed by atoms with Gasteiger partial charge in [0.05, 0.1) is 0 Å². The molecule has 0 saturated heterocycles. The average Bonchev–Trinajstić information content (AvgIpc) is 2.29. The summed E-state index contributed by atoms with van der Waals surface area (Å²) in [5.41, 5.74) is 5.55. The van der Waals surface area contributed by atoms with Gasteiger partial charge in [-0.25, -0.2) is 0 Å². The van der Waals surface area contributed by atoms with E-state index in [2.05, 4.69) is 25.3 Å². The molecule has 0 amide bonds. The number of thiol groups is 2. The Balaban J connectivity index is 3.58. The zero-order valence-corrected chi connectivity index (χ0v) is 13.1. The minimum Gasteiger partial charge on any atom is -0.330 e. The van der Waals surface area contributed by atoms with Crippen molar-refractivity contribution in [1.29, 1.82) is 0 Å². The van der Waals surface area contributed by atoms with Crippen molar-refractivity contribution < 1.29 is 0 Å². The van der Waals surface area contributed by atoms with E-state index in [-0.39, 0.29) is 7.92 Å². The van der Waals surface area contributed by atoms with E-state index in [9.17, 15) is 0 Å². The summed E-state index contributed by atoms with van der Waals surface area (Å²) in [6.07, 6.45) is 12.2. The van der Waals surface area contributed by atoms with Crippen molar-refractivity contribution in [3.8, 4) is 0 Å². The first-order valence-electron chi connectivity index (χ1n) is 6.49. The Labute approximate surface area is 114 Å². The molecule has 0 radical (unpaired) electrons. The van der Waals surface area contributed by atoms with Gasteiger partial charge in [0.25, 0.3) is 0 Å². The van der Waals surface area contributed by atoms with Gasteiger partial charge >= 0.3 is 0 Å². The fraction of sp³-hybridized carbons (Fsp3) is 1.00. The lowest BCUT2D eigenvalue weighted by molar-refractivity contribution is 0.803. The lowest BCUT2D eigenvalue weighted by atomic mass is 10.3. The van der Waals surface area contributed by atoms with E-state index in [1.165, 1.54) is 57.0 Å². The van der Waals surface area contributed by atoms with Crippen LogP contribution in [0.1, 0.15) is 38.5 Å². The Morgan fingerprint density at radius 1 is 0.688 bits per heavy atom. The summed E-state index contributed by atoms with van der Waals surface area (Å²) in [5.74, 6) is 2.09. The zero-order chi connectivity index (χ0) is 12.1. The van der Waals surface area contributed by atoms with E-state index in [0.29, 0.717) is 0 Å². The smallest absolute Gasteiger partial charge is 0.00772 e. The molecule has 0 aliphatic heterocycles. The molecule has 98 valence electrons. The first-order chi connectivity index (χ1) is 7.85. The third-order valence-electron chi connectivity index (χ3n) is 2.69. The standard InChI is InChI=1S/C12H28NPS2/c13-7-1-2-8-14(9-3-5-11-15)10-4-6-12-16/h15-16H,1-13H2. The molecule has 0 fully saturated rings. The van der Waals surface area contributed by atoms with Crippen LogP contribution in [0.15, 0.2) is 0 Å². The highest BCUT2D eigenvalue weighted by molar-refractivity contribution is 7.80. The molecule has 0 unspecified atom stereocenters. The van der Waals surface area contributed by atoms with Crippen molar-refractivity contribution in [2.45, 2.75) is 38.5 Å². The van der Waals surface area contributed by atoms with Crippen LogP contribution in [0.4, 0.5) is 0 Å². The molecule has 0 saturated carbocycles. The third kappa shape index (κ3) is 11.6. The minimum absolute atomic E-state index is 0.281.